The monoisotopic (exact) mass is 467 g/mol. The van der Waals surface area contributed by atoms with Crippen molar-refractivity contribution >= 4 is 40.2 Å². The van der Waals surface area contributed by atoms with Crippen LogP contribution in [0.2, 0.25) is 0 Å². The summed E-state index contributed by atoms with van der Waals surface area (Å²) >= 11 is 2.18. The van der Waals surface area contributed by atoms with Crippen LogP contribution in [0.4, 0.5) is 5.69 Å². The van der Waals surface area contributed by atoms with Crippen LogP contribution >= 0.6 is 22.6 Å². The van der Waals surface area contributed by atoms with Crippen molar-refractivity contribution in [2.75, 3.05) is 18.5 Å². The number of unbranched alkanes of at least 4 members (excludes halogenated alkanes) is 1. The van der Waals surface area contributed by atoms with Crippen LogP contribution < -0.4 is 10.1 Å². The third kappa shape index (κ3) is 7.43. The van der Waals surface area contributed by atoms with Gasteiger partial charge in [-0.15, -0.1) is 0 Å². The highest BCUT2D eigenvalue weighted by Crippen LogP contribution is 2.13. The number of benzene rings is 2. The Hall–Kier alpha value is -2.09. The molecule has 138 valence electrons. The zero-order valence-electron chi connectivity index (χ0n) is 14.7. The van der Waals surface area contributed by atoms with Crippen molar-refractivity contribution in [3.63, 3.8) is 0 Å². The molecule has 2 aromatic rings. The summed E-state index contributed by atoms with van der Waals surface area (Å²) in [7, 11) is 0. The van der Waals surface area contributed by atoms with Gasteiger partial charge in [0.1, 0.15) is 5.75 Å². The number of carbonyl (C=O) groups excluding carboxylic acids is 2. The van der Waals surface area contributed by atoms with Gasteiger partial charge in [0, 0.05) is 9.26 Å². The maximum absolute atomic E-state index is 11.9. The first-order valence-electron chi connectivity index (χ1n) is 8.49. The summed E-state index contributed by atoms with van der Waals surface area (Å²) in [6.45, 7) is 1.58. The highest BCUT2D eigenvalue weighted by atomic mass is 127. The van der Waals surface area contributed by atoms with Gasteiger partial charge in [0.25, 0.3) is 5.91 Å². The van der Waals surface area contributed by atoms with E-state index >= 15 is 0 Å². The Morgan fingerprint density at radius 3 is 2.35 bits per heavy atom. The molecule has 0 fully saturated rings. The number of hydrogen-bond donors (Lipinski definition) is 1. The molecule has 0 saturated carbocycles. The van der Waals surface area contributed by atoms with Crippen LogP contribution in [0.15, 0.2) is 48.5 Å². The second kappa shape index (κ2) is 10.8. The summed E-state index contributed by atoms with van der Waals surface area (Å²) in [5, 5.41) is 2.70. The Morgan fingerprint density at radius 1 is 1.00 bits per heavy atom. The molecule has 0 saturated heterocycles. The lowest BCUT2D eigenvalue weighted by Crippen LogP contribution is -2.23. The molecule has 0 spiro atoms. The number of rotatable bonds is 9. The lowest BCUT2D eigenvalue weighted by atomic mass is 10.1. The maximum Gasteiger partial charge on any atom is 0.344 e. The van der Waals surface area contributed by atoms with Crippen molar-refractivity contribution in [2.24, 2.45) is 0 Å². The number of hydrogen-bond acceptors (Lipinski definition) is 4. The molecule has 0 aliphatic carbocycles. The molecule has 1 amide bonds. The van der Waals surface area contributed by atoms with Crippen molar-refractivity contribution in [1.29, 1.82) is 0 Å². The van der Waals surface area contributed by atoms with Gasteiger partial charge >= 0.3 is 5.97 Å². The molecule has 0 radical (unpaired) electrons. The predicted octanol–water partition coefficient (Wildman–Crippen LogP) is 4.19. The largest absolute Gasteiger partial charge is 0.482 e. The highest BCUT2D eigenvalue weighted by Gasteiger charge is 2.09. The smallest absolute Gasteiger partial charge is 0.344 e. The molecule has 0 aromatic heterocycles. The Balaban J connectivity index is 1.68. The first-order valence-corrected chi connectivity index (χ1v) is 9.57. The molecule has 0 atom stereocenters. The molecule has 1 N–H and O–H groups in total. The number of aryl methyl sites for hydroxylation is 1. The third-order valence-corrected chi connectivity index (χ3v) is 4.31. The fourth-order valence-electron chi connectivity index (χ4n) is 2.19. The van der Waals surface area contributed by atoms with E-state index in [1.165, 1.54) is 5.56 Å². The second-order valence-electron chi connectivity index (χ2n) is 5.75. The fraction of sp³-hybridized carbons (Fsp3) is 0.300. The molecule has 0 unspecified atom stereocenters. The van der Waals surface area contributed by atoms with Crippen LogP contribution in [0.25, 0.3) is 0 Å². The van der Waals surface area contributed by atoms with Crippen molar-refractivity contribution in [1.82, 2.24) is 0 Å². The van der Waals surface area contributed by atoms with Crippen LogP contribution in [0.3, 0.4) is 0 Å². The minimum Gasteiger partial charge on any atom is -0.482 e. The van der Waals surface area contributed by atoms with E-state index in [9.17, 15) is 9.59 Å². The summed E-state index contributed by atoms with van der Waals surface area (Å²) in [5.74, 6) is -0.391. The second-order valence-corrected chi connectivity index (χ2v) is 7.00. The van der Waals surface area contributed by atoms with Crippen molar-refractivity contribution in [3.05, 3.63) is 57.7 Å². The first kappa shape index (κ1) is 20.2. The van der Waals surface area contributed by atoms with Gasteiger partial charge in [-0.1, -0.05) is 25.5 Å². The molecule has 6 heteroatoms. The normalized spacial score (nSPS) is 10.2. The highest BCUT2D eigenvalue weighted by molar-refractivity contribution is 14.1. The van der Waals surface area contributed by atoms with E-state index in [1.54, 1.807) is 12.1 Å². The Kier molecular flexibility index (Phi) is 8.40. The zero-order chi connectivity index (χ0) is 18.8. The van der Waals surface area contributed by atoms with Gasteiger partial charge in [-0.05, 0) is 77.4 Å². The SMILES string of the molecule is CCCCc1ccc(NC(=O)COC(=O)COc2ccc(I)cc2)cc1. The Morgan fingerprint density at radius 2 is 1.69 bits per heavy atom. The van der Waals surface area contributed by atoms with E-state index in [0.29, 0.717) is 11.4 Å². The first-order chi connectivity index (χ1) is 12.6. The van der Waals surface area contributed by atoms with E-state index in [4.69, 9.17) is 9.47 Å². The maximum atomic E-state index is 11.9. The van der Waals surface area contributed by atoms with E-state index < -0.39 is 5.97 Å². The van der Waals surface area contributed by atoms with Crippen LogP contribution in [0.1, 0.15) is 25.3 Å². The number of esters is 1. The average Bonchev–Trinajstić information content (AvgIpc) is 2.65. The quantitative estimate of drug-likeness (QED) is 0.444. The van der Waals surface area contributed by atoms with Gasteiger partial charge in [0.05, 0.1) is 0 Å². The summed E-state index contributed by atoms with van der Waals surface area (Å²) in [6.07, 6.45) is 3.33. The van der Waals surface area contributed by atoms with Crippen LogP contribution in [0.5, 0.6) is 5.75 Å². The molecule has 2 rings (SSSR count). The van der Waals surface area contributed by atoms with Crippen LogP contribution in [0, 0.1) is 3.57 Å². The average molecular weight is 467 g/mol. The summed E-state index contributed by atoms with van der Waals surface area (Å²) < 4.78 is 11.3. The van der Waals surface area contributed by atoms with E-state index in [0.717, 1.165) is 22.8 Å². The number of anilines is 1. The van der Waals surface area contributed by atoms with Crippen LogP contribution in [-0.4, -0.2) is 25.1 Å². The van der Waals surface area contributed by atoms with Crippen molar-refractivity contribution < 1.29 is 19.1 Å². The summed E-state index contributed by atoms with van der Waals surface area (Å²) in [4.78, 5) is 23.5. The third-order valence-electron chi connectivity index (χ3n) is 3.59. The summed E-state index contributed by atoms with van der Waals surface area (Å²) in [6, 6.07) is 15.0. The van der Waals surface area contributed by atoms with E-state index in [2.05, 4.69) is 34.8 Å². The number of halogens is 1. The van der Waals surface area contributed by atoms with Gasteiger partial charge in [0.2, 0.25) is 0 Å². The van der Waals surface area contributed by atoms with E-state index in [1.807, 2.05) is 36.4 Å². The topological polar surface area (TPSA) is 64.6 Å². The molecule has 0 aliphatic heterocycles. The number of ether oxygens (including phenoxy) is 2. The molecule has 0 aliphatic rings. The molecule has 0 bridgehead atoms. The van der Waals surface area contributed by atoms with Gasteiger partial charge in [-0.25, -0.2) is 4.79 Å². The standard InChI is InChI=1S/C20H22INO4/c1-2-3-4-15-5-9-17(10-6-15)22-19(23)13-26-20(24)14-25-18-11-7-16(21)8-12-18/h5-12H,2-4,13-14H2,1H3,(H,22,23). The molecule has 0 heterocycles. The number of carbonyl (C=O) groups is 2. The minimum absolute atomic E-state index is 0.236. The van der Waals surface area contributed by atoms with Gasteiger partial charge in [-0.3, -0.25) is 4.79 Å². The van der Waals surface area contributed by atoms with Crippen LogP contribution in [-0.2, 0) is 20.7 Å². The summed E-state index contributed by atoms with van der Waals surface area (Å²) in [5.41, 5.74) is 1.92. The number of nitrogens with one attached hydrogen (secondary N) is 1. The lowest BCUT2D eigenvalue weighted by Gasteiger charge is -2.08. The van der Waals surface area contributed by atoms with Gasteiger partial charge < -0.3 is 14.8 Å². The molecule has 5 nitrogen and oxygen atoms in total. The predicted molar refractivity (Wildman–Crippen MR) is 109 cm³/mol. The minimum atomic E-state index is -0.589. The van der Waals surface area contributed by atoms with Gasteiger partial charge in [-0.2, -0.15) is 0 Å². The zero-order valence-corrected chi connectivity index (χ0v) is 16.8. The Bertz CT molecular complexity index is 714. The van der Waals surface area contributed by atoms with Crippen molar-refractivity contribution in [3.8, 4) is 5.75 Å². The molecular weight excluding hydrogens is 445 g/mol. The fourth-order valence-corrected chi connectivity index (χ4v) is 2.55. The number of amides is 1. The molecule has 2 aromatic carbocycles. The van der Waals surface area contributed by atoms with Crippen molar-refractivity contribution in [2.45, 2.75) is 26.2 Å². The molecular formula is C20H22INO4. The Labute approximate surface area is 167 Å². The van der Waals surface area contributed by atoms with Gasteiger partial charge in [0.15, 0.2) is 13.2 Å². The van der Waals surface area contributed by atoms with E-state index in [-0.39, 0.29) is 19.1 Å². The lowest BCUT2D eigenvalue weighted by molar-refractivity contribution is -0.149. The molecule has 26 heavy (non-hydrogen) atoms.